The Balaban J connectivity index is 2.18. The zero-order chi connectivity index (χ0) is 21.9. The van der Waals surface area contributed by atoms with Crippen molar-refractivity contribution in [2.45, 2.75) is 71.0 Å². The van der Waals surface area contributed by atoms with Crippen LogP contribution in [0.25, 0.3) is 0 Å². The first kappa shape index (κ1) is 23.5. The van der Waals surface area contributed by atoms with Gasteiger partial charge in [0.05, 0.1) is 13.2 Å². The van der Waals surface area contributed by atoms with Crippen LogP contribution >= 0.6 is 0 Å². The molecule has 1 heterocycles. The molecular weight excluding hydrogens is 386 g/mol. The summed E-state index contributed by atoms with van der Waals surface area (Å²) in [5.74, 6) is 0.00477. The number of carbonyl (C=O) groups is 3. The summed E-state index contributed by atoms with van der Waals surface area (Å²) >= 11 is 0. The molecule has 0 spiro atoms. The molecule has 8 heteroatoms. The van der Waals surface area contributed by atoms with E-state index in [4.69, 9.17) is 9.47 Å². The second kappa shape index (κ2) is 12.0. The van der Waals surface area contributed by atoms with Crippen LogP contribution in [0.1, 0.15) is 52.0 Å². The van der Waals surface area contributed by atoms with Gasteiger partial charge in [0.2, 0.25) is 11.8 Å². The average Bonchev–Trinajstić information content (AvgIpc) is 2.68. The number of carbonyl (C=O) groups excluding carboxylic acids is 3. The molecule has 2 bridgehead atoms. The molecule has 30 heavy (non-hydrogen) atoms. The second-order valence-electron chi connectivity index (χ2n) is 7.84. The topological polar surface area (TPSA) is 106 Å². The molecule has 0 aromatic heterocycles. The average molecular weight is 420 g/mol. The Labute approximate surface area is 178 Å². The fourth-order valence-corrected chi connectivity index (χ4v) is 3.09. The molecule has 0 radical (unpaired) electrons. The lowest BCUT2D eigenvalue weighted by molar-refractivity contribution is -0.130. The molecule has 166 valence electrons. The van der Waals surface area contributed by atoms with Gasteiger partial charge in [-0.15, -0.1) is 0 Å². The van der Waals surface area contributed by atoms with E-state index in [1.165, 1.54) is 0 Å². The Morgan fingerprint density at radius 1 is 1.07 bits per heavy atom. The van der Waals surface area contributed by atoms with E-state index in [0.717, 1.165) is 37.0 Å². The number of alkyl carbamates (subject to hydrolysis) is 1. The molecule has 0 saturated carbocycles. The second-order valence-corrected chi connectivity index (χ2v) is 7.84. The summed E-state index contributed by atoms with van der Waals surface area (Å²) in [5.41, 5.74) is 0.873. The van der Waals surface area contributed by atoms with Gasteiger partial charge in [0.25, 0.3) is 0 Å². The lowest BCUT2D eigenvalue weighted by Crippen LogP contribution is -2.54. The monoisotopic (exact) mass is 419 g/mol. The van der Waals surface area contributed by atoms with Crippen LogP contribution in [-0.2, 0) is 20.7 Å². The van der Waals surface area contributed by atoms with Crippen LogP contribution < -0.4 is 20.7 Å². The molecule has 2 rings (SSSR count). The fourth-order valence-electron chi connectivity index (χ4n) is 3.09. The van der Waals surface area contributed by atoms with Crippen LogP contribution in [0, 0.1) is 0 Å². The molecule has 1 aromatic carbocycles. The van der Waals surface area contributed by atoms with E-state index in [0.29, 0.717) is 19.6 Å². The van der Waals surface area contributed by atoms with Crippen molar-refractivity contribution in [2.24, 2.45) is 0 Å². The van der Waals surface area contributed by atoms with Gasteiger partial charge >= 0.3 is 6.09 Å². The molecule has 1 aliphatic rings. The highest BCUT2D eigenvalue weighted by Gasteiger charge is 2.25. The molecule has 8 nitrogen and oxygen atoms in total. The zero-order valence-electron chi connectivity index (χ0n) is 18.0. The van der Waals surface area contributed by atoms with E-state index in [9.17, 15) is 14.4 Å². The van der Waals surface area contributed by atoms with Crippen molar-refractivity contribution in [3.8, 4) is 5.75 Å². The van der Waals surface area contributed by atoms with Crippen molar-refractivity contribution in [2.75, 3.05) is 13.2 Å². The largest absolute Gasteiger partial charge is 0.494 e. The van der Waals surface area contributed by atoms with Crippen molar-refractivity contribution in [3.05, 3.63) is 29.8 Å². The van der Waals surface area contributed by atoms with Gasteiger partial charge in [-0.25, -0.2) is 4.79 Å². The van der Waals surface area contributed by atoms with Gasteiger partial charge in [-0.3, -0.25) is 9.59 Å². The van der Waals surface area contributed by atoms with E-state index >= 15 is 0 Å². The van der Waals surface area contributed by atoms with Gasteiger partial charge < -0.3 is 25.4 Å². The molecular formula is C22H33N3O5. The predicted octanol–water partition coefficient (Wildman–Crippen LogP) is 2.31. The van der Waals surface area contributed by atoms with Gasteiger partial charge in [-0.1, -0.05) is 12.1 Å². The molecule has 0 fully saturated rings. The number of rotatable bonds is 2. The van der Waals surface area contributed by atoms with Crippen molar-refractivity contribution in [3.63, 3.8) is 0 Å². The quantitative estimate of drug-likeness (QED) is 0.682. The van der Waals surface area contributed by atoms with Crippen LogP contribution in [0.2, 0.25) is 0 Å². The van der Waals surface area contributed by atoms with E-state index < -0.39 is 24.1 Å². The Kier molecular flexibility index (Phi) is 9.44. The number of amides is 3. The van der Waals surface area contributed by atoms with Crippen molar-refractivity contribution in [1.29, 1.82) is 0 Å². The first-order valence-electron chi connectivity index (χ1n) is 10.6. The minimum atomic E-state index is -0.833. The smallest absolute Gasteiger partial charge is 0.407 e. The van der Waals surface area contributed by atoms with E-state index in [-0.39, 0.29) is 11.9 Å². The first-order valence-corrected chi connectivity index (χ1v) is 10.6. The molecule has 3 amide bonds. The molecule has 0 saturated heterocycles. The maximum atomic E-state index is 12.7. The summed E-state index contributed by atoms with van der Waals surface area (Å²) < 4.78 is 10.9. The van der Waals surface area contributed by atoms with Gasteiger partial charge in [-0.05, 0) is 64.2 Å². The van der Waals surface area contributed by atoms with E-state index in [1.54, 1.807) is 6.92 Å². The molecule has 0 aliphatic carbocycles. The number of hydrogen-bond acceptors (Lipinski definition) is 5. The molecule has 2 atom stereocenters. The fraction of sp³-hybridized carbons (Fsp3) is 0.591. The van der Waals surface area contributed by atoms with Crippen LogP contribution in [0.3, 0.4) is 0 Å². The summed E-state index contributed by atoms with van der Waals surface area (Å²) in [6.45, 7) is 6.16. The van der Waals surface area contributed by atoms with Crippen LogP contribution in [0.15, 0.2) is 24.3 Å². The summed E-state index contributed by atoms with van der Waals surface area (Å²) in [4.78, 5) is 37.2. The Morgan fingerprint density at radius 2 is 1.77 bits per heavy atom. The number of fused-ring (bicyclic) bond motifs is 2. The lowest BCUT2D eigenvalue weighted by Gasteiger charge is -2.22. The Hall–Kier alpha value is -2.77. The summed E-state index contributed by atoms with van der Waals surface area (Å²) in [5, 5.41) is 8.09. The number of hydrogen-bond donors (Lipinski definition) is 3. The van der Waals surface area contributed by atoms with Gasteiger partial charge in [0.15, 0.2) is 0 Å². The Bertz CT molecular complexity index is 722. The lowest BCUT2D eigenvalue weighted by atomic mass is 10.0. The number of cyclic esters (lactones) is 1. The number of benzene rings is 1. The van der Waals surface area contributed by atoms with Gasteiger partial charge in [0, 0.05) is 12.5 Å². The number of ether oxygens (including phenoxy) is 2. The molecule has 1 aromatic rings. The summed E-state index contributed by atoms with van der Waals surface area (Å²) in [7, 11) is 0. The predicted molar refractivity (Wildman–Crippen MR) is 113 cm³/mol. The summed E-state index contributed by atoms with van der Waals surface area (Å²) in [6.07, 6.45) is 3.22. The van der Waals surface area contributed by atoms with Crippen LogP contribution in [-0.4, -0.2) is 49.2 Å². The maximum Gasteiger partial charge on any atom is 0.407 e. The standard InChI is InChI=1S/C22H33N3O5/c1-15(2)23-21(27)19-14-17-9-8-10-18(13-17)29-11-6-4-5-7-12-30-22(28)24-16(3)20(26)25-19/h8-10,13,15-16,19H,4-7,11-12,14H2,1-3H3,(H,23,27)(H,24,28)(H,25,26). The van der Waals surface area contributed by atoms with Crippen molar-refractivity contribution in [1.82, 2.24) is 16.0 Å². The molecule has 1 aliphatic heterocycles. The maximum absolute atomic E-state index is 12.7. The normalized spacial score (nSPS) is 21.9. The third-order valence-corrected chi connectivity index (χ3v) is 4.67. The van der Waals surface area contributed by atoms with Crippen molar-refractivity contribution >= 4 is 17.9 Å². The summed E-state index contributed by atoms with van der Waals surface area (Å²) in [6, 6.07) is 5.87. The minimum absolute atomic E-state index is 0.0670. The van der Waals surface area contributed by atoms with E-state index in [2.05, 4.69) is 16.0 Å². The molecule has 3 N–H and O–H groups in total. The van der Waals surface area contributed by atoms with E-state index in [1.807, 2.05) is 38.1 Å². The highest BCUT2D eigenvalue weighted by molar-refractivity contribution is 5.91. The van der Waals surface area contributed by atoms with Gasteiger partial charge in [0.1, 0.15) is 17.8 Å². The highest BCUT2D eigenvalue weighted by Crippen LogP contribution is 2.16. The number of nitrogens with one attached hydrogen (secondary N) is 3. The SMILES string of the molecule is CC(C)NC(=O)C1Cc2cccc(c2)OCCCCCCOC(=O)NC(C)C(=O)N1. The van der Waals surface area contributed by atoms with Gasteiger partial charge in [-0.2, -0.15) is 0 Å². The van der Waals surface area contributed by atoms with Crippen LogP contribution in [0.5, 0.6) is 5.75 Å². The van der Waals surface area contributed by atoms with Crippen molar-refractivity contribution < 1.29 is 23.9 Å². The highest BCUT2D eigenvalue weighted by atomic mass is 16.5. The third-order valence-electron chi connectivity index (χ3n) is 4.67. The minimum Gasteiger partial charge on any atom is -0.494 e. The molecule has 2 unspecified atom stereocenters. The third kappa shape index (κ3) is 8.31. The zero-order valence-corrected chi connectivity index (χ0v) is 18.0. The first-order chi connectivity index (χ1) is 14.3. The van der Waals surface area contributed by atoms with Crippen LogP contribution in [0.4, 0.5) is 4.79 Å². The Morgan fingerprint density at radius 3 is 2.47 bits per heavy atom.